The molecule has 0 heterocycles. The summed E-state index contributed by atoms with van der Waals surface area (Å²) in [6.07, 6.45) is 0. The SMILES string of the molecule is C.Nc1ccc(Oc2ccccc2)cc1. The fourth-order valence-electron chi connectivity index (χ4n) is 1.16. The zero-order chi connectivity index (χ0) is 9.80. The quantitative estimate of drug-likeness (QED) is 0.752. The van der Waals surface area contributed by atoms with Crippen molar-refractivity contribution in [3.8, 4) is 11.5 Å². The summed E-state index contributed by atoms with van der Waals surface area (Å²) in [7, 11) is 0. The monoisotopic (exact) mass is 201 g/mol. The largest absolute Gasteiger partial charge is 0.457 e. The molecular formula is C13H15NO. The van der Waals surface area contributed by atoms with Gasteiger partial charge in [-0.15, -0.1) is 0 Å². The lowest BCUT2D eigenvalue weighted by atomic mass is 10.3. The highest BCUT2D eigenvalue weighted by Crippen LogP contribution is 2.21. The van der Waals surface area contributed by atoms with Crippen LogP contribution in [-0.2, 0) is 0 Å². The minimum Gasteiger partial charge on any atom is -0.457 e. The summed E-state index contributed by atoms with van der Waals surface area (Å²) in [4.78, 5) is 0. The average molecular weight is 201 g/mol. The molecule has 0 radical (unpaired) electrons. The van der Waals surface area contributed by atoms with Gasteiger partial charge >= 0.3 is 0 Å². The maximum atomic E-state index is 5.58. The molecule has 78 valence electrons. The van der Waals surface area contributed by atoms with E-state index in [9.17, 15) is 0 Å². The summed E-state index contributed by atoms with van der Waals surface area (Å²) in [6.45, 7) is 0. The maximum Gasteiger partial charge on any atom is 0.127 e. The van der Waals surface area contributed by atoms with Crippen LogP contribution in [0.2, 0.25) is 0 Å². The van der Waals surface area contributed by atoms with Crippen molar-refractivity contribution in [2.45, 2.75) is 7.43 Å². The van der Waals surface area contributed by atoms with Crippen LogP contribution in [0, 0.1) is 0 Å². The first kappa shape index (κ1) is 11.1. The highest BCUT2D eigenvalue weighted by Gasteiger charge is 1.94. The number of anilines is 1. The van der Waals surface area contributed by atoms with E-state index in [1.54, 1.807) is 0 Å². The van der Waals surface area contributed by atoms with E-state index in [0.29, 0.717) is 0 Å². The summed E-state index contributed by atoms with van der Waals surface area (Å²) < 4.78 is 5.58. The van der Waals surface area contributed by atoms with Crippen LogP contribution in [0.15, 0.2) is 54.6 Å². The molecule has 0 spiro atoms. The van der Waals surface area contributed by atoms with Crippen molar-refractivity contribution in [2.24, 2.45) is 0 Å². The van der Waals surface area contributed by atoms with Crippen LogP contribution in [0.25, 0.3) is 0 Å². The molecule has 0 aliphatic carbocycles. The lowest BCUT2D eigenvalue weighted by molar-refractivity contribution is 0.483. The smallest absolute Gasteiger partial charge is 0.127 e. The van der Waals surface area contributed by atoms with Crippen LogP contribution in [0.4, 0.5) is 5.69 Å². The fraction of sp³-hybridized carbons (Fsp3) is 0.0769. The molecule has 0 saturated carbocycles. The van der Waals surface area contributed by atoms with Crippen molar-refractivity contribution in [3.05, 3.63) is 54.6 Å². The van der Waals surface area contributed by atoms with Gasteiger partial charge in [0, 0.05) is 5.69 Å². The minimum atomic E-state index is 0. The van der Waals surface area contributed by atoms with E-state index in [0.717, 1.165) is 17.2 Å². The second-order valence-corrected chi connectivity index (χ2v) is 2.98. The van der Waals surface area contributed by atoms with Gasteiger partial charge in [-0.05, 0) is 36.4 Å². The number of hydrogen-bond donors (Lipinski definition) is 1. The van der Waals surface area contributed by atoms with Gasteiger partial charge in [-0.25, -0.2) is 0 Å². The molecule has 2 aromatic rings. The van der Waals surface area contributed by atoms with E-state index in [1.165, 1.54) is 0 Å². The first-order valence-corrected chi connectivity index (χ1v) is 4.43. The Kier molecular flexibility index (Phi) is 3.75. The summed E-state index contributed by atoms with van der Waals surface area (Å²) in [5.74, 6) is 1.63. The van der Waals surface area contributed by atoms with E-state index in [1.807, 2.05) is 54.6 Å². The van der Waals surface area contributed by atoms with Crippen LogP contribution in [-0.4, -0.2) is 0 Å². The molecule has 0 atom stereocenters. The van der Waals surface area contributed by atoms with Crippen LogP contribution < -0.4 is 10.5 Å². The number of hydrogen-bond acceptors (Lipinski definition) is 2. The third kappa shape index (κ3) is 3.02. The third-order valence-electron chi connectivity index (χ3n) is 1.86. The zero-order valence-electron chi connectivity index (χ0n) is 7.68. The van der Waals surface area contributed by atoms with Crippen LogP contribution in [0.3, 0.4) is 0 Å². The van der Waals surface area contributed by atoms with Gasteiger partial charge in [-0.2, -0.15) is 0 Å². The topological polar surface area (TPSA) is 35.2 Å². The number of nitrogens with two attached hydrogens (primary N) is 1. The van der Waals surface area contributed by atoms with Gasteiger partial charge in [0.25, 0.3) is 0 Å². The molecule has 2 rings (SSSR count). The van der Waals surface area contributed by atoms with E-state index >= 15 is 0 Å². The van der Waals surface area contributed by atoms with Crippen molar-refractivity contribution in [1.29, 1.82) is 0 Å². The van der Waals surface area contributed by atoms with E-state index in [-0.39, 0.29) is 7.43 Å². The Morgan fingerprint density at radius 2 is 1.27 bits per heavy atom. The van der Waals surface area contributed by atoms with E-state index < -0.39 is 0 Å². The van der Waals surface area contributed by atoms with Crippen molar-refractivity contribution in [3.63, 3.8) is 0 Å². The molecule has 0 bridgehead atoms. The van der Waals surface area contributed by atoms with Crippen molar-refractivity contribution >= 4 is 5.69 Å². The molecule has 15 heavy (non-hydrogen) atoms. The molecule has 0 unspecified atom stereocenters. The predicted octanol–water partition coefficient (Wildman–Crippen LogP) is 3.70. The Balaban J connectivity index is 0.00000112. The first-order chi connectivity index (χ1) is 6.84. The molecule has 0 amide bonds. The molecule has 0 saturated heterocycles. The van der Waals surface area contributed by atoms with Gasteiger partial charge in [0.15, 0.2) is 0 Å². The summed E-state index contributed by atoms with van der Waals surface area (Å²) in [5, 5.41) is 0. The van der Waals surface area contributed by atoms with Gasteiger partial charge in [0.2, 0.25) is 0 Å². The number of rotatable bonds is 2. The van der Waals surface area contributed by atoms with E-state index in [2.05, 4.69) is 0 Å². The molecule has 2 aromatic carbocycles. The number of benzene rings is 2. The minimum absolute atomic E-state index is 0. The number of para-hydroxylation sites is 1. The molecule has 2 heteroatoms. The lowest BCUT2D eigenvalue weighted by Gasteiger charge is -2.04. The van der Waals surface area contributed by atoms with Gasteiger partial charge in [-0.1, -0.05) is 25.6 Å². The molecule has 0 aliphatic heterocycles. The highest BCUT2D eigenvalue weighted by molar-refractivity contribution is 5.42. The molecular weight excluding hydrogens is 186 g/mol. The molecule has 0 aromatic heterocycles. The Hall–Kier alpha value is -1.96. The Morgan fingerprint density at radius 1 is 0.733 bits per heavy atom. The normalized spacial score (nSPS) is 9.07. The second kappa shape index (κ2) is 5.05. The van der Waals surface area contributed by atoms with Crippen LogP contribution in [0.5, 0.6) is 11.5 Å². The van der Waals surface area contributed by atoms with Gasteiger partial charge in [0.05, 0.1) is 0 Å². The summed E-state index contributed by atoms with van der Waals surface area (Å²) in [6, 6.07) is 17.0. The molecule has 2 N–H and O–H groups in total. The van der Waals surface area contributed by atoms with Crippen molar-refractivity contribution in [1.82, 2.24) is 0 Å². The first-order valence-electron chi connectivity index (χ1n) is 4.43. The Bertz CT molecular complexity index is 395. The average Bonchev–Trinajstić information content (AvgIpc) is 2.23. The Morgan fingerprint density at radius 3 is 1.87 bits per heavy atom. The van der Waals surface area contributed by atoms with Gasteiger partial charge in [0.1, 0.15) is 11.5 Å². The highest BCUT2D eigenvalue weighted by atomic mass is 16.5. The van der Waals surface area contributed by atoms with Gasteiger partial charge < -0.3 is 10.5 Å². The van der Waals surface area contributed by atoms with Crippen LogP contribution in [0.1, 0.15) is 7.43 Å². The predicted molar refractivity (Wildman–Crippen MR) is 64.1 cm³/mol. The lowest BCUT2D eigenvalue weighted by Crippen LogP contribution is -1.85. The number of nitrogen functional groups attached to an aromatic ring is 1. The van der Waals surface area contributed by atoms with Crippen molar-refractivity contribution in [2.75, 3.05) is 5.73 Å². The second-order valence-electron chi connectivity index (χ2n) is 2.98. The third-order valence-corrected chi connectivity index (χ3v) is 1.86. The Labute approximate surface area is 90.3 Å². The van der Waals surface area contributed by atoms with Gasteiger partial charge in [-0.3, -0.25) is 0 Å². The summed E-state index contributed by atoms with van der Waals surface area (Å²) >= 11 is 0. The van der Waals surface area contributed by atoms with Crippen LogP contribution >= 0.6 is 0 Å². The molecule has 0 fully saturated rings. The molecule has 2 nitrogen and oxygen atoms in total. The maximum absolute atomic E-state index is 5.58. The zero-order valence-corrected chi connectivity index (χ0v) is 7.68. The summed E-state index contributed by atoms with van der Waals surface area (Å²) in [5.41, 5.74) is 6.31. The van der Waals surface area contributed by atoms with Crippen molar-refractivity contribution < 1.29 is 4.74 Å². The van der Waals surface area contributed by atoms with E-state index in [4.69, 9.17) is 10.5 Å². The fourth-order valence-corrected chi connectivity index (χ4v) is 1.16. The standard InChI is InChI=1S/C12H11NO.CH4/c13-10-6-8-12(9-7-10)14-11-4-2-1-3-5-11;/h1-9H,13H2;1H4. The molecule has 0 aliphatic rings. The number of ether oxygens (including phenoxy) is 1.